The molecule has 1 spiro atoms. The first-order valence-electron chi connectivity index (χ1n) is 10.9. The Hall–Kier alpha value is -3.09. The largest absolute Gasteiger partial charge is 0.490 e. The van der Waals surface area contributed by atoms with Crippen molar-refractivity contribution in [3.8, 4) is 5.75 Å². The highest BCUT2D eigenvalue weighted by Gasteiger charge is 2.43. The Kier molecular flexibility index (Phi) is 6.39. The topological polar surface area (TPSA) is 88.7 Å². The molecule has 1 amide bonds. The molecular formula is C24H28N2O5. The minimum absolute atomic E-state index is 0.174. The van der Waals surface area contributed by atoms with Gasteiger partial charge in [0.2, 0.25) is 5.56 Å². The quantitative estimate of drug-likeness (QED) is 0.711. The standard InChI is InChI=1S/C24H28N2O5/c27-21-17-19(8-12-25-21)22(28)26-13-10-24(11-14-26)9-4-3-6-18-5-1-2-7-20(18)30-15-16-31-23(24)29/h1-2,5,7-8,12,17H,3-4,6,9-11,13-16H2,(H,25,27). The fourth-order valence-electron chi connectivity index (χ4n) is 4.52. The van der Waals surface area contributed by atoms with Crippen LogP contribution in [0.4, 0.5) is 0 Å². The highest BCUT2D eigenvalue weighted by Crippen LogP contribution is 2.39. The number of likely N-dealkylation sites (tertiary alicyclic amines) is 1. The number of carbonyl (C=O) groups is 2. The monoisotopic (exact) mass is 424 g/mol. The number of H-pyrrole nitrogens is 1. The first kappa shape index (κ1) is 21.2. The summed E-state index contributed by atoms with van der Waals surface area (Å²) in [6.45, 7) is 1.48. The second-order valence-corrected chi connectivity index (χ2v) is 8.31. The van der Waals surface area contributed by atoms with E-state index in [0.29, 0.717) is 38.1 Å². The lowest BCUT2D eigenvalue weighted by Gasteiger charge is -2.40. The number of esters is 1. The van der Waals surface area contributed by atoms with Crippen LogP contribution in [0, 0.1) is 5.41 Å². The average molecular weight is 424 g/mol. The Morgan fingerprint density at radius 2 is 1.74 bits per heavy atom. The van der Waals surface area contributed by atoms with Crippen LogP contribution in [-0.4, -0.2) is 48.1 Å². The minimum Gasteiger partial charge on any atom is -0.490 e. The molecule has 7 heteroatoms. The summed E-state index contributed by atoms with van der Waals surface area (Å²) in [4.78, 5) is 41.6. The number of fused-ring (bicyclic) bond motifs is 1. The second-order valence-electron chi connectivity index (χ2n) is 8.31. The second kappa shape index (κ2) is 9.37. The summed E-state index contributed by atoms with van der Waals surface area (Å²) in [6.07, 6.45) is 6.15. The Morgan fingerprint density at radius 3 is 2.55 bits per heavy atom. The predicted molar refractivity (Wildman–Crippen MR) is 115 cm³/mol. The van der Waals surface area contributed by atoms with Gasteiger partial charge in [0.25, 0.3) is 5.91 Å². The SMILES string of the molecule is O=C(c1cc[nH]c(=O)c1)N1CCC2(CCCCc3ccccc3OCCOC2=O)CC1. The number of rotatable bonds is 1. The van der Waals surface area contributed by atoms with Gasteiger partial charge in [0.15, 0.2) is 0 Å². The van der Waals surface area contributed by atoms with Crippen LogP contribution in [0.5, 0.6) is 5.75 Å². The number of aryl methyl sites for hydroxylation is 1. The summed E-state index contributed by atoms with van der Waals surface area (Å²) in [6, 6.07) is 10.9. The zero-order valence-electron chi connectivity index (χ0n) is 17.6. The van der Waals surface area contributed by atoms with Gasteiger partial charge in [-0.25, -0.2) is 0 Å². The highest BCUT2D eigenvalue weighted by molar-refractivity contribution is 5.94. The van der Waals surface area contributed by atoms with Gasteiger partial charge in [-0.3, -0.25) is 14.4 Å². The third-order valence-electron chi connectivity index (χ3n) is 6.36. The lowest BCUT2D eigenvalue weighted by Crippen LogP contribution is -2.47. The zero-order valence-corrected chi connectivity index (χ0v) is 17.6. The van der Waals surface area contributed by atoms with Gasteiger partial charge in [-0.15, -0.1) is 0 Å². The van der Waals surface area contributed by atoms with Gasteiger partial charge in [0, 0.05) is 30.9 Å². The van der Waals surface area contributed by atoms with Gasteiger partial charge in [-0.05, 0) is 49.8 Å². The van der Waals surface area contributed by atoms with E-state index in [4.69, 9.17) is 9.47 Å². The number of amides is 1. The van der Waals surface area contributed by atoms with Gasteiger partial charge in [-0.2, -0.15) is 0 Å². The smallest absolute Gasteiger partial charge is 0.312 e. The molecule has 0 aliphatic carbocycles. The molecule has 3 heterocycles. The summed E-state index contributed by atoms with van der Waals surface area (Å²) >= 11 is 0. The molecule has 164 valence electrons. The van der Waals surface area contributed by atoms with Crippen molar-refractivity contribution in [3.05, 3.63) is 64.1 Å². The van der Waals surface area contributed by atoms with E-state index in [1.165, 1.54) is 17.8 Å². The number of nitrogens with one attached hydrogen (secondary N) is 1. The van der Waals surface area contributed by atoms with E-state index < -0.39 is 5.41 Å². The molecule has 2 aliphatic heterocycles. The van der Waals surface area contributed by atoms with E-state index in [0.717, 1.165) is 31.4 Å². The summed E-state index contributed by atoms with van der Waals surface area (Å²) in [5, 5.41) is 0. The van der Waals surface area contributed by atoms with Crippen LogP contribution < -0.4 is 10.3 Å². The van der Waals surface area contributed by atoms with Crippen molar-refractivity contribution in [2.24, 2.45) is 5.41 Å². The van der Waals surface area contributed by atoms with E-state index in [1.807, 2.05) is 18.2 Å². The molecule has 1 fully saturated rings. The Labute approximate surface area is 181 Å². The number of ether oxygens (including phenoxy) is 2. The number of piperidine rings is 1. The van der Waals surface area contributed by atoms with E-state index in [2.05, 4.69) is 11.1 Å². The van der Waals surface area contributed by atoms with Crippen molar-refractivity contribution in [2.45, 2.75) is 38.5 Å². The number of aromatic amines is 1. The van der Waals surface area contributed by atoms with Crippen LogP contribution in [0.1, 0.15) is 48.0 Å². The molecule has 31 heavy (non-hydrogen) atoms. The van der Waals surface area contributed by atoms with E-state index >= 15 is 0 Å². The maximum Gasteiger partial charge on any atom is 0.312 e. The van der Waals surface area contributed by atoms with Crippen LogP contribution in [0.25, 0.3) is 0 Å². The molecule has 4 rings (SSSR count). The van der Waals surface area contributed by atoms with Crippen molar-refractivity contribution in [2.75, 3.05) is 26.3 Å². The maximum absolute atomic E-state index is 13.0. The summed E-state index contributed by atoms with van der Waals surface area (Å²) < 4.78 is 11.4. The van der Waals surface area contributed by atoms with Crippen molar-refractivity contribution < 1.29 is 19.1 Å². The third kappa shape index (κ3) is 4.81. The van der Waals surface area contributed by atoms with Gasteiger partial charge >= 0.3 is 5.97 Å². The molecule has 1 N–H and O–H groups in total. The Balaban J connectivity index is 1.42. The number of hydrogen-bond donors (Lipinski definition) is 1. The average Bonchev–Trinajstić information content (AvgIpc) is 2.79. The lowest BCUT2D eigenvalue weighted by atomic mass is 9.74. The van der Waals surface area contributed by atoms with Gasteiger partial charge in [-0.1, -0.05) is 24.6 Å². The molecule has 7 nitrogen and oxygen atoms in total. The molecule has 1 aromatic carbocycles. The Bertz CT molecular complexity index is 991. The molecule has 0 unspecified atom stereocenters. The Morgan fingerprint density at radius 1 is 0.968 bits per heavy atom. The molecule has 0 saturated carbocycles. The number of aromatic nitrogens is 1. The summed E-state index contributed by atoms with van der Waals surface area (Å²) in [5.74, 6) is 0.501. The molecule has 1 saturated heterocycles. The summed E-state index contributed by atoms with van der Waals surface area (Å²) in [7, 11) is 0. The van der Waals surface area contributed by atoms with Gasteiger partial charge in [0.05, 0.1) is 5.41 Å². The van der Waals surface area contributed by atoms with Crippen molar-refractivity contribution in [1.82, 2.24) is 9.88 Å². The number of cyclic esters (lactones) is 1. The van der Waals surface area contributed by atoms with Crippen LogP contribution in [0.2, 0.25) is 0 Å². The first-order chi connectivity index (χ1) is 15.1. The van der Waals surface area contributed by atoms with E-state index in [1.54, 1.807) is 11.0 Å². The normalized spacial score (nSPS) is 19.4. The molecule has 2 aliphatic rings. The molecular weight excluding hydrogens is 396 g/mol. The van der Waals surface area contributed by atoms with Crippen LogP contribution in [0.3, 0.4) is 0 Å². The van der Waals surface area contributed by atoms with Crippen LogP contribution in [0.15, 0.2) is 47.4 Å². The first-order valence-corrected chi connectivity index (χ1v) is 10.9. The molecule has 0 bridgehead atoms. The van der Waals surface area contributed by atoms with E-state index in [-0.39, 0.29) is 24.0 Å². The van der Waals surface area contributed by atoms with Gasteiger partial charge in [0.1, 0.15) is 19.0 Å². The molecule has 2 aromatic rings. The highest BCUT2D eigenvalue weighted by atomic mass is 16.6. The molecule has 0 atom stereocenters. The van der Waals surface area contributed by atoms with E-state index in [9.17, 15) is 14.4 Å². The zero-order chi connectivity index (χ0) is 21.7. The van der Waals surface area contributed by atoms with Crippen molar-refractivity contribution in [3.63, 3.8) is 0 Å². The van der Waals surface area contributed by atoms with Crippen LogP contribution >= 0.6 is 0 Å². The number of carbonyl (C=O) groups excluding carboxylic acids is 2. The number of pyridine rings is 1. The number of para-hydroxylation sites is 1. The number of nitrogens with zero attached hydrogens (tertiary/aromatic N) is 1. The fourth-order valence-corrected chi connectivity index (χ4v) is 4.52. The number of hydrogen-bond acceptors (Lipinski definition) is 5. The predicted octanol–water partition coefficient (Wildman–Crippen LogP) is 2.95. The van der Waals surface area contributed by atoms with Crippen LogP contribution in [-0.2, 0) is 16.0 Å². The minimum atomic E-state index is -0.566. The molecule has 0 radical (unpaired) electrons. The third-order valence-corrected chi connectivity index (χ3v) is 6.36. The molecule has 1 aromatic heterocycles. The number of benzene rings is 1. The van der Waals surface area contributed by atoms with Gasteiger partial charge < -0.3 is 19.4 Å². The maximum atomic E-state index is 13.0. The van der Waals surface area contributed by atoms with Crippen molar-refractivity contribution in [1.29, 1.82) is 0 Å². The fraction of sp³-hybridized carbons (Fsp3) is 0.458. The summed E-state index contributed by atoms with van der Waals surface area (Å²) in [5.41, 5.74) is 0.688. The van der Waals surface area contributed by atoms with Crippen molar-refractivity contribution >= 4 is 11.9 Å². The lowest BCUT2D eigenvalue weighted by molar-refractivity contribution is -0.160.